The number of rotatable bonds is 5. The number of nitrogens with zero attached hydrogens (tertiary/aromatic N) is 1. The van der Waals surface area contributed by atoms with Crippen molar-refractivity contribution in [2.24, 2.45) is 0 Å². The lowest BCUT2D eigenvalue weighted by molar-refractivity contribution is -0.137. The third-order valence-electron chi connectivity index (χ3n) is 2.42. The average molecular weight is 294 g/mol. The van der Waals surface area contributed by atoms with Crippen LogP contribution in [0.4, 0.5) is 4.39 Å². The molecule has 2 N–H and O–H groups in total. The van der Waals surface area contributed by atoms with Gasteiger partial charge in [-0.15, -0.1) is 11.3 Å². The number of amides is 1. The average Bonchev–Trinajstić information content (AvgIpc) is 2.85. The quantitative estimate of drug-likeness (QED) is 0.879. The van der Waals surface area contributed by atoms with Crippen molar-refractivity contribution in [3.63, 3.8) is 0 Å². The molecule has 104 valence electrons. The first-order valence-corrected chi connectivity index (χ1v) is 6.61. The summed E-state index contributed by atoms with van der Waals surface area (Å²) in [5, 5.41) is 13.1. The SMILES string of the molecule is O=C(O)CNC(=O)Cc1csc(-c2ccc(F)cc2)n1. The molecule has 0 radical (unpaired) electrons. The third-order valence-corrected chi connectivity index (χ3v) is 3.36. The standard InChI is InChI=1S/C13H11FN2O3S/c14-9-3-1-8(2-4-9)13-16-10(7-20-13)5-11(17)15-6-12(18)19/h1-4,7H,5-6H2,(H,15,17)(H,18,19). The minimum Gasteiger partial charge on any atom is -0.480 e. The zero-order valence-corrected chi connectivity index (χ0v) is 11.1. The van der Waals surface area contributed by atoms with Gasteiger partial charge in [0, 0.05) is 10.9 Å². The largest absolute Gasteiger partial charge is 0.480 e. The predicted molar refractivity (Wildman–Crippen MR) is 71.9 cm³/mol. The summed E-state index contributed by atoms with van der Waals surface area (Å²) in [7, 11) is 0. The van der Waals surface area contributed by atoms with Crippen LogP contribution in [0, 0.1) is 5.82 Å². The molecule has 0 aliphatic heterocycles. The number of halogens is 1. The van der Waals surface area contributed by atoms with Crippen LogP contribution in [0.3, 0.4) is 0 Å². The van der Waals surface area contributed by atoms with E-state index in [0.717, 1.165) is 5.56 Å². The molecule has 1 aromatic carbocycles. The summed E-state index contributed by atoms with van der Waals surface area (Å²) in [5.41, 5.74) is 1.32. The van der Waals surface area contributed by atoms with Crippen LogP contribution in [0.15, 0.2) is 29.6 Å². The van der Waals surface area contributed by atoms with Gasteiger partial charge in [-0.3, -0.25) is 9.59 Å². The maximum atomic E-state index is 12.8. The van der Waals surface area contributed by atoms with E-state index in [4.69, 9.17) is 5.11 Å². The Kier molecular flexibility index (Phi) is 4.41. The van der Waals surface area contributed by atoms with Gasteiger partial charge in [-0.2, -0.15) is 0 Å². The van der Waals surface area contributed by atoms with Crippen LogP contribution in [-0.2, 0) is 16.0 Å². The van der Waals surface area contributed by atoms with Gasteiger partial charge in [0.15, 0.2) is 0 Å². The van der Waals surface area contributed by atoms with E-state index in [9.17, 15) is 14.0 Å². The summed E-state index contributed by atoms with van der Waals surface area (Å²) < 4.78 is 12.8. The number of thiazole rings is 1. The summed E-state index contributed by atoms with van der Waals surface area (Å²) >= 11 is 1.34. The maximum Gasteiger partial charge on any atom is 0.322 e. The fourth-order valence-corrected chi connectivity index (χ4v) is 2.34. The zero-order valence-electron chi connectivity index (χ0n) is 10.3. The number of nitrogens with one attached hydrogen (secondary N) is 1. The first-order chi connectivity index (χ1) is 9.54. The van der Waals surface area contributed by atoms with Crippen molar-refractivity contribution < 1.29 is 19.1 Å². The van der Waals surface area contributed by atoms with Crippen molar-refractivity contribution in [2.75, 3.05) is 6.54 Å². The van der Waals surface area contributed by atoms with Crippen LogP contribution in [0.5, 0.6) is 0 Å². The number of aromatic nitrogens is 1. The Hall–Kier alpha value is -2.28. The first-order valence-electron chi connectivity index (χ1n) is 5.73. The van der Waals surface area contributed by atoms with E-state index in [-0.39, 0.29) is 12.2 Å². The molecular formula is C13H11FN2O3S. The van der Waals surface area contributed by atoms with Gasteiger partial charge >= 0.3 is 5.97 Å². The fourth-order valence-electron chi connectivity index (χ4n) is 1.51. The lowest BCUT2D eigenvalue weighted by atomic mass is 10.2. The zero-order chi connectivity index (χ0) is 14.5. The van der Waals surface area contributed by atoms with E-state index in [1.807, 2.05) is 0 Å². The minimum absolute atomic E-state index is 0.0188. The Bertz CT molecular complexity index is 625. The van der Waals surface area contributed by atoms with Crippen LogP contribution in [0.25, 0.3) is 10.6 Å². The molecule has 0 aliphatic rings. The van der Waals surface area contributed by atoms with Crippen molar-refractivity contribution in [3.05, 3.63) is 41.2 Å². The van der Waals surface area contributed by atoms with Crippen LogP contribution in [0.1, 0.15) is 5.69 Å². The second-order valence-electron chi connectivity index (χ2n) is 4.00. The highest BCUT2D eigenvalue weighted by molar-refractivity contribution is 7.13. The van der Waals surface area contributed by atoms with E-state index < -0.39 is 18.4 Å². The molecule has 0 spiro atoms. The van der Waals surface area contributed by atoms with Crippen LogP contribution < -0.4 is 5.32 Å². The molecule has 1 heterocycles. The molecule has 20 heavy (non-hydrogen) atoms. The topological polar surface area (TPSA) is 79.3 Å². The molecular weight excluding hydrogens is 283 g/mol. The monoisotopic (exact) mass is 294 g/mol. The molecule has 1 aromatic heterocycles. The number of carbonyl (C=O) groups excluding carboxylic acids is 1. The summed E-state index contributed by atoms with van der Waals surface area (Å²) in [5.74, 6) is -1.81. The third kappa shape index (κ3) is 3.86. The van der Waals surface area contributed by atoms with E-state index in [2.05, 4.69) is 10.3 Å². The Balaban J connectivity index is 2.00. The molecule has 5 nitrogen and oxygen atoms in total. The van der Waals surface area contributed by atoms with Crippen molar-refractivity contribution in [1.82, 2.24) is 10.3 Å². The van der Waals surface area contributed by atoms with E-state index in [1.165, 1.54) is 23.5 Å². The number of aliphatic carboxylic acids is 1. The van der Waals surface area contributed by atoms with Gasteiger partial charge in [0.25, 0.3) is 0 Å². The van der Waals surface area contributed by atoms with E-state index in [0.29, 0.717) is 10.7 Å². The molecule has 0 saturated carbocycles. The summed E-state index contributed by atoms with van der Waals surface area (Å²) in [4.78, 5) is 26.0. The molecule has 1 amide bonds. The van der Waals surface area contributed by atoms with Gasteiger partial charge in [0.2, 0.25) is 5.91 Å². The van der Waals surface area contributed by atoms with Crippen molar-refractivity contribution in [2.45, 2.75) is 6.42 Å². The van der Waals surface area contributed by atoms with Crippen molar-refractivity contribution >= 4 is 23.2 Å². The van der Waals surface area contributed by atoms with Gasteiger partial charge in [0.05, 0.1) is 12.1 Å². The van der Waals surface area contributed by atoms with Gasteiger partial charge in [0.1, 0.15) is 17.4 Å². The lowest BCUT2D eigenvalue weighted by Gasteiger charge is -1.99. The second kappa shape index (κ2) is 6.25. The van der Waals surface area contributed by atoms with Crippen LogP contribution in [0.2, 0.25) is 0 Å². The summed E-state index contributed by atoms with van der Waals surface area (Å²) in [6.45, 7) is -0.409. The van der Waals surface area contributed by atoms with Gasteiger partial charge in [-0.1, -0.05) is 0 Å². The van der Waals surface area contributed by atoms with Crippen molar-refractivity contribution in [3.8, 4) is 10.6 Å². The highest BCUT2D eigenvalue weighted by Gasteiger charge is 2.10. The predicted octanol–water partition coefficient (Wildman–Crippen LogP) is 1.69. The van der Waals surface area contributed by atoms with Gasteiger partial charge in [-0.05, 0) is 24.3 Å². The second-order valence-corrected chi connectivity index (χ2v) is 4.86. The summed E-state index contributed by atoms with van der Waals surface area (Å²) in [6, 6.07) is 5.91. The first kappa shape index (κ1) is 14.1. The van der Waals surface area contributed by atoms with Gasteiger partial charge < -0.3 is 10.4 Å². The molecule has 0 atom stereocenters. The Morgan fingerprint density at radius 1 is 1.30 bits per heavy atom. The Morgan fingerprint density at radius 3 is 2.65 bits per heavy atom. The fraction of sp³-hybridized carbons (Fsp3) is 0.154. The summed E-state index contributed by atoms with van der Waals surface area (Å²) in [6.07, 6.45) is 0.0188. The van der Waals surface area contributed by atoms with Gasteiger partial charge in [-0.25, -0.2) is 9.37 Å². The van der Waals surface area contributed by atoms with E-state index >= 15 is 0 Å². The molecule has 2 rings (SSSR count). The number of carboxylic acid groups (broad SMARTS) is 1. The van der Waals surface area contributed by atoms with Crippen molar-refractivity contribution in [1.29, 1.82) is 0 Å². The number of carboxylic acids is 1. The number of hydrogen-bond acceptors (Lipinski definition) is 4. The molecule has 0 aliphatic carbocycles. The van der Waals surface area contributed by atoms with E-state index in [1.54, 1.807) is 17.5 Å². The number of benzene rings is 1. The number of carbonyl (C=O) groups is 2. The Labute approximate surface area is 118 Å². The number of hydrogen-bond donors (Lipinski definition) is 2. The van der Waals surface area contributed by atoms with Crippen LogP contribution >= 0.6 is 11.3 Å². The molecule has 2 aromatic rings. The van der Waals surface area contributed by atoms with Crippen LogP contribution in [-0.4, -0.2) is 28.5 Å². The highest BCUT2D eigenvalue weighted by Crippen LogP contribution is 2.23. The smallest absolute Gasteiger partial charge is 0.322 e. The molecule has 0 bridgehead atoms. The molecule has 0 saturated heterocycles. The maximum absolute atomic E-state index is 12.8. The molecule has 0 unspecified atom stereocenters. The lowest BCUT2D eigenvalue weighted by Crippen LogP contribution is -2.30. The molecule has 0 fully saturated rings. The Morgan fingerprint density at radius 2 is 2.00 bits per heavy atom. The highest BCUT2D eigenvalue weighted by atomic mass is 32.1. The normalized spacial score (nSPS) is 10.2. The minimum atomic E-state index is -1.09. The molecule has 7 heteroatoms.